The zero-order chi connectivity index (χ0) is 17.4. The molecule has 0 aliphatic carbocycles. The Morgan fingerprint density at radius 3 is 2.64 bits per heavy atom. The van der Waals surface area contributed by atoms with Gasteiger partial charge < -0.3 is 0 Å². The third-order valence-electron chi connectivity index (χ3n) is 4.01. The van der Waals surface area contributed by atoms with Gasteiger partial charge in [-0.1, -0.05) is 35.3 Å². The number of hydrogen-bond donors (Lipinski definition) is 0. The van der Waals surface area contributed by atoms with E-state index in [9.17, 15) is 4.39 Å². The number of hydrogen-bond acceptors (Lipinski definition) is 2. The molecule has 2 aromatic carbocycles. The highest BCUT2D eigenvalue weighted by molar-refractivity contribution is 7.99. The predicted molar refractivity (Wildman–Crippen MR) is 104 cm³/mol. The van der Waals surface area contributed by atoms with Crippen LogP contribution in [0.25, 0.3) is 17.3 Å². The summed E-state index contributed by atoms with van der Waals surface area (Å²) in [7, 11) is 0. The zero-order valence-electron chi connectivity index (χ0n) is 13.0. The largest absolute Gasteiger partial charge is 0.232 e. The molecule has 4 rings (SSSR count). The van der Waals surface area contributed by atoms with E-state index in [2.05, 4.69) is 11.2 Å². The number of benzene rings is 2. The molecular weight excluding hydrogens is 378 g/mol. The second-order valence-electron chi connectivity index (χ2n) is 5.74. The molecule has 0 fully saturated rings. The molecular formula is C19H13Cl2FN2S. The van der Waals surface area contributed by atoms with Crippen molar-refractivity contribution in [1.82, 2.24) is 9.78 Å². The molecule has 0 unspecified atom stereocenters. The Labute approximate surface area is 159 Å². The van der Waals surface area contributed by atoms with Crippen LogP contribution in [0.2, 0.25) is 10.0 Å². The maximum absolute atomic E-state index is 13.2. The zero-order valence-corrected chi connectivity index (χ0v) is 15.4. The second-order valence-corrected chi connectivity index (χ2v) is 7.57. The SMILES string of the molecule is Fc1ccc(C=C2CSCc3cnn(-c4ccc(Cl)cc4Cl)c32)cc1. The number of fused-ring (bicyclic) bond motifs is 1. The van der Waals surface area contributed by atoms with E-state index in [0.717, 1.165) is 39.6 Å². The molecule has 3 aromatic rings. The topological polar surface area (TPSA) is 17.8 Å². The Kier molecular flexibility index (Phi) is 4.59. The van der Waals surface area contributed by atoms with E-state index in [4.69, 9.17) is 23.2 Å². The normalized spacial score (nSPS) is 15.4. The minimum atomic E-state index is -0.237. The maximum atomic E-state index is 13.2. The summed E-state index contributed by atoms with van der Waals surface area (Å²) in [5.41, 5.74) is 5.10. The van der Waals surface area contributed by atoms with Gasteiger partial charge in [0, 0.05) is 22.1 Å². The Hall–Kier alpha value is -1.75. The van der Waals surface area contributed by atoms with Gasteiger partial charge in [-0.2, -0.15) is 16.9 Å². The first kappa shape index (κ1) is 16.7. The number of rotatable bonds is 2. The molecule has 1 aliphatic heterocycles. The Morgan fingerprint density at radius 2 is 1.88 bits per heavy atom. The minimum Gasteiger partial charge on any atom is -0.232 e. The Balaban J connectivity index is 1.83. The van der Waals surface area contributed by atoms with Gasteiger partial charge in [0.2, 0.25) is 0 Å². The van der Waals surface area contributed by atoms with Crippen LogP contribution in [0, 0.1) is 5.82 Å². The first-order valence-electron chi connectivity index (χ1n) is 7.68. The molecule has 0 radical (unpaired) electrons. The van der Waals surface area contributed by atoms with Crippen molar-refractivity contribution in [2.45, 2.75) is 5.75 Å². The molecule has 0 saturated carbocycles. The average molecular weight is 391 g/mol. The van der Waals surface area contributed by atoms with Gasteiger partial charge in [-0.15, -0.1) is 0 Å². The van der Waals surface area contributed by atoms with E-state index >= 15 is 0 Å². The molecule has 0 amide bonds. The number of thioether (sulfide) groups is 1. The Bertz CT molecular complexity index is 964. The van der Waals surface area contributed by atoms with Gasteiger partial charge in [-0.05, 0) is 47.5 Å². The summed E-state index contributed by atoms with van der Waals surface area (Å²) in [6, 6.07) is 11.9. The van der Waals surface area contributed by atoms with Crippen LogP contribution in [0.4, 0.5) is 4.39 Å². The van der Waals surface area contributed by atoms with Gasteiger partial charge in [-0.3, -0.25) is 0 Å². The summed E-state index contributed by atoms with van der Waals surface area (Å²) in [4.78, 5) is 0. The van der Waals surface area contributed by atoms with Crippen LogP contribution in [-0.4, -0.2) is 15.5 Å². The first-order valence-corrected chi connectivity index (χ1v) is 9.59. The van der Waals surface area contributed by atoms with E-state index in [1.165, 1.54) is 12.1 Å². The third kappa shape index (κ3) is 3.34. The van der Waals surface area contributed by atoms with Gasteiger partial charge in [0.25, 0.3) is 0 Å². The lowest BCUT2D eigenvalue weighted by molar-refractivity contribution is 0.628. The van der Waals surface area contributed by atoms with E-state index in [1.54, 1.807) is 24.3 Å². The van der Waals surface area contributed by atoms with Gasteiger partial charge in [0.05, 0.1) is 22.6 Å². The molecule has 0 saturated heterocycles. The molecule has 0 atom stereocenters. The number of aromatic nitrogens is 2. The molecule has 0 bridgehead atoms. The van der Waals surface area contributed by atoms with Crippen molar-refractivity contribution < 1.29 is 4.39 Å². The lowest BCUT2D eigenvalue weighted by Crippen LogP contribution is -2.08. The van der Waals surface area contributed by atoms with E-state index in [0.29, 0.717) is 10.0 Å². The fourth-order valence-corrected chi connectivity index (χ4v) is 4.34. The van der Waals surface area contributed by atoms with E-state index in [-0.39, 0.29) is 5.82 Å². The van der Waals surface area contributed by atoms with Crippen molar-refractivity contribution in [3.63, 3.8) is 0 Å². The van der Waals surface area contributed by atoms with Crippen molar-refractivity contribution in [1.29, 1.82) is 0 Å². The smallest absolute Gasteiger partial charge is 0.123 e. The van der Waals surface area contributed by atoms with Crippen molar-refractivity contribution >= 4 is 46.6 Å². The fraction of sp³-hybridized carbons (Fsp3) is 0.105. The first-order chi connectivity index (χ1) is 12.1. The minimum absolute atomic E-state index is 0.237. The molecule has 6 heteroatoms. The molecule has 0 N–H and O–H groups in total. The molecule has 2 heterocycles. The highest BCUT2D eigenvalue weighted by atomic mass is 35.5. The van der Waals surface area contributed by atoms with Gasteiger partial charge >= 0.3 is 0 Å². The Morgan fingerprint density at radius 1 is 1.08 bits per heavy atom. The van der Waals surface area contributed by atoms with Crippen LogP contribution in [-0.2, 0) is 5.75 Å². The van der Waals surface area contributed by atoms with Crippen LogP contribution in [0.5, 0.6) is 0 Å². The van der Waals surface area contributed by atoms with Crippen molar-refractivity contribution in [2.75, 3.05) is 5.75 Å². The third-order valence-corrected chi connectivity index (χ3v) is 5.58. The standard InChI is InChI=1S/C19H13Cl2FN2S/c20-15-3-6-18(17(21)8-15)24-19-13(10-25-11-14(19)9-23-24)7-12-1-4-16(22)5-2-12/h1-9H,10-11H2. The molecule has 1 aromatic heterocycles. The summed E-state index contributed by atoms with van der Waals surface area (Å²) < 4.78 is 15.0. The monoisotopic (exact) mass is 390 g/mol. The number of nitrogens with zero attached hydrogens (tertiary/aromatic N) is 2. The molecule has 1 aliphatic rings. The van der Waals surface area contributed by atoms with Crippen LogP contribution in [0.1, 0.15) is 16.8 Å². The summed E-state index contributed by atoms with van der Waals surface area (Å²) in [5.74, 6) is 1.53. The van der Waals surface area contributed by atoms with Gasteiger partial charge in [-0.25, -0.2) is 9.07 Å². The van der Waals surface area contributed by atoms with Gasteiger partial charge in [0.1, 0.15) is 5.82 Å². The second kappa shape index (κ2) is 6.87. The molecule has 2 nitrogen and oxygen atoms in total. The highest BCUT2D eigenvalue weighted by Crippen LogP contribution is 2.36. The molecule has 25 heavy (non-hydrogen) atoms. The molecule has 126 valence electrons. The van der Waals surface area contributed by atoms with Crippen molar-refractivity contribution in [2.24, 2.45) is 0 Å². The van der Waals surface area contributed by atoms with Crippen molar-refractivity contribution in [3.8, 4) is 5.69 Å². The summed E-state index contributed by atoms with van der Waals surface area (Å²) in [6.07, 6.45) is 3.96. The summed E-state index contributed by atoms with van der Waals surface area (Å²) in [6.45, 7) is 0. The quantitative estimate of drug-likeness (QED) is 0.525. The van der Waals surface area contributed by atoms with Crippen LogP contribution >= 0.6 is 35.0 Å². The number of halogens is 3. The predicted octanol–water partition coefficient (Wildman–Crippen LogP) is 6.11. The van der Waals surface area contributed by atoms with Gasteiger partial charge in [0.15, 0.2) is 0 Å². The lowest BCUT2D eigenvalue weighted by Gasteiger charge is -2.18. The fourth-order valence-electron chi connectivity index (χ4n) is 2.88. The average Bonchev–Trinajstić information content (AvgIpc) is 3.02. The van der Waals surface area contributed by atoms with Crippen LogP contribution < -0.4 is 0 Å². The maximum Gasteiger partial charge on any atom is 0.123 e. The van der Waals surface area contributed by atoms with Crippen LogP contribution in [0.15, 0.2) is 48.7 Å². The molecule has 0 spiro atoms. The van der Waals surface area contributed by atoms with E-state index in [1.807, 2.05) is 28.7 Å². The summed E-state index contributed by atoms with van der Waals surface area (Å²) >= 11 is 14.2. The van der Waals surface area contributed by atoms with Crippen molar-refractivity contribution in [3.05, 3.63) is 81.3 Å². The van der Waals surface area contributed by atoms with Crippen LogP contribution in [0.3, 0.4) is 0 Å². The van der Waals surface area contributed by atoms with E-state index < -0.39 is 0 Å². The highest BCUT2D eigenvalue weighted by Gasteiger charge is 2.22. The summed E-state index contributed by atoms with van der Waals surface area (Å²) in [5, 5.41) is 5.68. The lowest BCUT2D eigenvalue weighted by atomic mass is 10.1.